The third-order valence-corrected chi connectivity index (χ3v) is 4.86. The van der Waals surface area contributed by atoms with Gasteiger partial charge in [-0.15, -0.1) is 0 Å². The van der Waals surface area contributed by atoms with Crippen molar-refractivity contribution in [1.29, 1.82) is 0 Å². The number of hydrogen-bond donors (Lipinski definition) is 0. The molecule has 2 nitrogen and oxygen atoms in total. The molecule has 0 spiro atoms. The van der Waals surface area contributed by atoms with Crippen LogP contribution >= 0.6 is 0 Å². The predicted molar refractivity (Wildman–Crippen MR) is 88.8 cm³/mol. The molecule has 21 heavy (non-hydrogen) atoms. The van der Waals surface area contributed by atoms with Crippen LogP contribution in [0.4, 0.5) is 0 Å². The Morgan fingerprint density at radius 2 is 1.90 bits per heavy atom. The first-order valence-electron chi connectivity index (χ1n) is 8.44. The van der Waals surface area contributed by atoms with Crippen LogP contribution in [0.2, 0.25) is 0 Å². The van der Waals surface area contributed by atoms with E-state index in [1.807, 2.05) is 12.1 Å². The fourth-order valence-corrected chi connectivity index (χ4v) is 3.23. The molecule has 1 aliphatic rings. The molecule has 2 rings (SSSR count). The van der Waals surface area contributed by atoms with Crippen LogP contribution < -0.4 is 0 Å². The maximum atomic E-state index is 12.4. The minimum atomic E-state index is 0.264. The molecule has 0 aliphatic carbocycles. The lowest BCUT2D eigenvalue weighted by Crippen LogP contribution is -2.31. The van der Waals surface area contributed by atoms with Crippen LogP contribution in [0.1, 0.15) is 56.0 Å². The Kier molecular flexibility index (Phi) is 5.98. The average molecular weight is 287 g/mol. The number of benzene rings is 1. The van der Waals surface area contributed by atoms with E-state index in [1.54, 1.807) is 0 Å². The minimum Gasteiger partial charge on any atom is -0.296 e. The van der Waals surface area contributed by atoms with Crippen molar-refractivity contribution < 1.29 is 4.79 Å². The largest absolute Gasteiger partial charge is 0.296 e. The number of ketones is 1. The van der Waals surface area contributed by atoms with Gasteiger partial charge >= 0.3 is 0 Å². The Hall–Kier alpha value is -1.15. The van der Waals surface area contributed by atoms with Gasteiger partial charge in [0.05, 0.1) is 6.54 Å². The zero-order valence-electron chi connectivity index (χ0n) is 13.8. The number of carbonyl (C=O) groups excluding carboxylic acids is 1. The smallest absolute Gasteiger partial charge is 0.176 e. The summed E-state index contributed by atoms with van der Waals surface area (Å²) in [6, 6.07) is 8.11. The van der Waals surface area contributed by atoms with Gasteiger partial charge in [-0.05, 0) is 56.2 Å². The van der Waals surface area contributed by atoms with Gasteiger partial charge in [0.25, 0.3) is 0 Å². The van der Waals surface area contributed by atoms with Crippen LogP contribution in [0, 0.1) is 11.8 Å². The zero-order valence-corrected chi connectivity index (χ0v) is 13.8. The van der Waals surface area contributed by atoms with E-state index in [0.717, 1.165) is 36.9 Å². The highest BCUT2D eigenvalue weighted by molar-refractivity contribution is 5.97. The minimum absolute atomic E-state index is 0.264. The summed E-state index contributed by atoms with van der Waals surface area (Å²) < 4.78 is 0. The first-order valence-corrected chi connectivity index (χ1v) is 8.44. The van der Waals surface area contributed by atoms with Crippen molar-refractivity contribution in [2.24, 2.45) is 11.8 Å². The highest BCUT2D eigenvalue weighted by Crippen LogP contribution is 2.24. The molecule has 0 N–H and O–H groups in total. The normalized spacial score (nSPS) is 20.5. The first-order chi connectivity index (χ1) is 10.1. The fraction of sp³-hybridized carbons (Fsp3) is 0.632. The maximum absolute atomic E-state index is 12.4. The molecule has 0 saturated carbocycles. The molecule has 0 bridgehead atoms. The summed E-state index contributed by atoms with van der Waals surface area (Å²) in [4.78, 5) is 14.7. The molecule has 1 saturated heterocycles. The van der Waals surface area contributed by atoms with Crippen molar-refractivity contribution in [3.63, 3.8) is 0 Å². The third-order valence-electron chi connectivity index (χ3n) is 4.86. The van der Waals surface area contributed by atoms with Crippen LogP contribution in [0.15, 0.2) is 24.3 Å². The van der Waals surface area contributed by atoms with Gasteiger partial charge in [-0.1, -0.05) is 45.0 Å². The maximum Gasteiger partial charge on any atom is 0.176 e. The van der Waals surface area contributed by atoms with Crippen LogP contribution in [-0.4, -0.2) is 30.3 Å². The second-order valence-electron chi connectivity index (χ2n) is 6.68. The van der Waals surface area contributed by atoms with E-state index >= 15 is 0 Å². The van der Waals surface area contributed by atoms with Crippen molar-refractivity contribution in [2.75, 3.05) is 19.6 Å². The Bertz CT molecular complexity index is 449. The van der Waals surface area contributed by atoms with Gasteiger partial charge in [0.2, 0.25) is 0 Å². The molecule has 2 heteroatoms. The molecule has 1 aliphatic heterocycles. The van der Waals surface area contributed by atoms with Crippen molar-refractivity contribution >= 4 is 5.78 Å². The van der Waals surface area contributed by atoms with Gasteiger partial charge in [0.1, 0.15) is 0 Å². The number of aryl methyl sites for hydroxylation is 1. The van der Waals surface area contributed by atoms with E-state index in [0.29, 0.717) is 6.54 Å². The molecule has 116 valence electrons. The number of rotatable bonds is 5. The second-order valence-corrected chi connectivity index (χ2v) is 6.68. The standard InChI is InChI=1S/C19H29NO/c1-4-16-7-9-18(10-8-16)19(21)14-20-12-5-6-17(11-13-20)15(2)3/h7-10,15,17H,4-6,11-14H2,1-3H3. The van der Waals surface area contributed by atoms with Crippen molar-refractivity contribution in [3.05, 3.63) is 35.4 Å². The number of Topliss-reactive ketones (excluding diaryl/α,β-unsaturated/α-hetero) is 1. The van der Waals surface area contributed by atoms with Gasteiger partial charge in [-0.2, -0.15) is 0 Å². The Labute approximate surface area is 129 Å². The van der Waals surface area contributed by atoms with E-state index in [2.05, 4.69) is 37.8 Å². The summed E-state index contributed by atoms with van der Waals surface area (Å²) in [5.41, 5.74) is 2.15. The number of likely N-dealkylation sites (tertiary alicyclic amines) is 1. The van der Waals surface area contributed by atoms with Crippen LogP contribution in [0.25, 0.3) is 0 Å². The molecule has 1 aromatic rings. The summed E-state index contributed by atoms with van der Waals surface area (Å²) in [7, 11) is 0. The second kappa shape index (κ2) is 7.74. The highest BCUT2D eigenvalue weighted by Gasteiger charge is 2.21. The fourth-order valence-electron chi connectivity index (χ4n) is 3.23. The summed E-state index contributed by atoms with van der Waals surface area (Å²) in [5, 5.41) is 0. The van der Waals surface area contributed by atoms with Gasteiger partial charge in [-0.3, -0.25) is 9.69 Å². The SMILES string of the molecule is CCc1ccc(C(=O)CN2CCCC(C(C)C)CC2)cc1. The van der Waals surface area contributed by atoms with Crippen molar-refractivity contribution in [1.82, 2.24) is 4.90 Å². The van der Waals surface area contributed by atoms with Crippen molar-refractivity contribution in [2.45, 2.75) is 46.5 Å². The van der Waals surface area contributed by atoms with E-state index < -0.39 is 0 Å². The summed E-state index contributed by atoms with van der Waals surface area (Å²) in [6.45, 7) is 9.50. The molecule has 1 heterocycles. The summed E-state index contributed by atoms with van der Waals surface area (Å²) in [6.07, 6.45) is 4.80. The van der Waals surface area contributed by atoms with Crippen molar-refractivity contribution in [3.8, 4) is 0 Å². The average Bonchev–Trinajstić information content (AvgIpc) is 2.73. The lowest BCUT2D eigenvalue weighted by Gasteiger charge is -2.20. The van der Waals surface area contributed by atoms with Gasteiger partial charge in [0.15, 0.2) is 5.78 Å². The summed E-state index contributed by atoms with van der Waals surface area (Å²) in [5.74, 6) is 1.86. The molecule has 1 fully saturated rings. The Morgan fingerprint density at radius 3 is 2.52 bits per heavy atom. The van der Waals surface area contributed by atoms with Crippen LogP contribution in [0.3, 0.4) is 0 Å². The molecular weight excluding hydrogens is 258 g/mol. The van der Waals surface area contributed by atoms with Gasteiger partial charge in [0, 0.05) is 5.56 Å². The molecular formula is C19H29NO. The Morgan fingerprint density at radius 1 is 1.19 bits per heavy atom. The third kappa shape index (κ3) is 4.67. The Balaban J connectivity index is 1.89. The first kappa shape index (κ1) is 16.2. The topological polar surface area (TPSA) is 20.3 Å². The molecule has 0 radical (unpaired) electrons. The number of carbonyl (C=O) groups is 1. The lowest BCUT2D eigenvalue weighted by atomic mass is 9.89. The highest BCUT2D eigenvalue weighted by atomic mass is 16.1. The quantitative estimate of drug-likeness (QED) is 0.757. The predicted octanol–water partition coefficient (Wildman–Crippen LogP) is 4.19. The molecule has 1 atom stereocenters. The van der Waals surface area contributed by atoms with E-state index in [-0.39, 0.29) is 5.78 Å². The zero-order chi connectivity index (χ0) is 15.2. The van der Waals surface area contributed by atoms with Gasteiger partial charge in [-0.25, -0.2) is 0 Å². The van der Waals surface area contributed by atoms with Crippen LogP contribution in [-0.2, 0) is 6.42 Å². The van der Waals surface area contributed by atoms with Crippen LogP contribution in [0.5, 0.6) is 0 Å². The van der Waals surface area contributed by atoms with Gasteiger partial charge < -0.3 is 0 Å². The number of nitrogens with zero attached hydrogens (tertiary/aromatic N) is 1. The van der Waals surface area contributed by atoms with E-state index in [1.165, 1.54) is 24.8 Å². The molecule has 1 unspecified atom stereocenters. The summed E-state index contributed by atoms with van der Waals surface area (Å²) >= 11 is 0. The molecule has 0 amide bonds. The monoisotopic (exact) mass is 287 g/mol. The lowest BCUT2D eigenvalue weighted by molar-refractivity contribution is 0.0932. The molecule has 1 aromatic carbocycles. The number of hydrogen-bond acceptors (Lipinski definition) is 2. The molecule has 0 aromatic heterocycles. The van der Waals surface area contributed by atoms with E-state index in [9.17, 15) is 4.79 Å². The van der Waals surface area contributed by atoms with E-state index in [4.69, 9.17) is 0 Å².